The Morgan fingerprint density at radius 2 is 2.36 bits per heavy atom. The van der Waals surface area contributed by atoms with Crippen molar-refractivity contribution >= 4 is 5.91 Å². The fraction of sp³-hybridized carbons (Fsp3) is 0.667. The zero-order valence-electron chi connectivity index (χ0n) is 12.9. The molecule has 3 heterocycles. The van der Waals surface area contributed by atoms with Gasteiger partial charge < -0.3 is 14.7 Å². The number of likely N-dealkylation sites (tertiary alicyclic amines) is 1. The van der Waals surface area contributed by atoms with Gasteiger partial charge in [0.2, 0.25) is 0 Å². The third-order valence-electron chi connectivity index (χ3n) is 4.34. The van der Waals surface area contributed by atoms with Gasteiger partial charge in [-0.1, -0.05) is 5.21 Å². The van der Waals surface area contributed by atoms with Gasteiger partial charge in [0.05, 0.1) is 31.5 Å². The second kappa shape index (κ2) is 6.08. The molecular formula is C15H22N4O3. The van der Waals surface area contributed by atoms with Crippen molar-refractivity contribution in [2.75, 3.05) is 19.7 Å². The predicted molar refractivity (Wildman–Crippen MR) is 78.7 cm³/mol. The minimum absolute atomic E-state index is 0.00563. The molecule has 0 bridgehead atoms. The number of allylic oxidation sites excluding steroid dienone is 1. The SMILES string of the molecule is CC1=C(C(=O)N2CCCC(O)(Cn3ccnn3)C2)CCCO1. The molecule has 1 saturated heterocycles. The highest BCUT2D eigenvalue weighted by Gasteiger charge is 2.37. The van der Waals surface area contributed by atoms with Crippen molar-refractivity contribution in [2.24, 2.45) is 0 Å². The van der Waals surface area contributed by atoms with E-state index in [0.29, 0.717) is 32.7 Å². The van der Waals surface area contributed by atoms with Crippen molar-refractivity contribution in [3.8, 4) is 0 Å². The normalized spacial score (nSPS) is 26.0. The summed E-state index contributed by atoms with van der Waals surface area (Å²) in [6.07, 6.45) is 6.37. The van der Waals surface area contributed by atoms with Crippen LogP contribution in [0.5, 0.6) is 0 Å². The molecule has 1 amide bonds. The topological polar surface area (TPSA) is 80.5 Å². The minimum Gasteiger partial charge on any atom is -0.498 e. The van der Waals surface area contributed by atoms with E-state index < -0.39 is 5.60 Å². The summed E-state index contributed by atoms with van der Waals surface area (Å²) in [5, 5.41) is 18.5. The van der Waals surface area contributed by atoms with Gasteiger partial charge in [0.1, 0.15) is 11.4 Å². The van der Waals surface area contributed by atoms with E-state index in [1.807, 2.05) is 6.92 Å². The highest BCUT2D eigenvalue weighted by atomic mass is 16.5. The number of carbonyl (C=O) groups excluding carboxylic acids is 1. The van der Waals surface area contributed by atoms with Crippen LogP contribution in [0.4, 0.5) is 0 Å². The molecule has 22 heavy (non-hydrogen) atoms. The summed E-state index contributed by atoms with van der Waals surface area (Å²) in [4.78, 5) is 14.4. The Morgan fingerprint density at radius 1 is 1.50 bits per heavy atom. The number of aliphatic hydroxyl groups is 1. The lowest BCUT2D eigenvalue weighted by Crippen LogP contribution is -2.53. The molecule has 1 unspecified atom stereocenters. The average Bonchev–Trinajstić information content (AvgIpc) is 2.99. The number of hydrogen-bond acceptors (Lipinski definition) is 5. The molecule has 120 valence electrons. The van der Waals surface area contributed by atoms with E-state index in [0.717, 1.165) is 30.6 Å². The summed E-state index contributed by atoms with van der Waals surface area (Å²) in [6, 6.07) is 0. The first kappa shape index (κ1) is 15.0. The number of β-amino-alcohol motifs (C(OH)–C–C–N with tert-alkyl or cyclic N) is 1. The highest BCUT2D eigenvalue weighted by molar-refractivity contribution is 5.94. The molecule has 1 aromatic rings. The summed E-state index contributed by atoms with van der Waals surface area (Å²) < 4.78 is 7.10. The van der Waals surface area contributed by atoms with Gasteiger partial charge in [-0.25, -0.2) is 4.68 Å². The van der Waals surface area contributed by atoms with E-state index in [2.05, 4.69) is 10.3 Å². The van der Waals surface area contributed by atoms with Gasteiger partial charge in [-0.2, -0.15) is 0 Å². The van der Waals surface area contributed by atoms with Crippen LogP contribution in [0.15, 0.2) is 23.7 Å². The molecule has 1 atom stereocenters. The summed E-state index contributed by atoms with van der Waals surface area (Å²) in [6.45, 7) is 3.87. The smallest absolute Gasteiger partial charge is 0.253 e. The van der Waals surface area contributed by atoms with Gasteiger partial charge >= 0.3 is 0 Å². The van der Waals surface area contributed by atoms with Gasteiger partial charge in [-0.05, 0) is 32.6 Å². The van der Waals surface area contributed by atoms with E-state index in [-0.39, 0.29) is 5.91 Å². The number of nitrogens with zero attached hydrogens (tertiary/aromatic N) is 4. The van der Waals surface area contributed by atoms with Gasteiger partial charge in [0, 0.05) is 12.7 Å². The number of piperidine rings is 1. The maximum Gasteiger partial charge on any atom is 0.253 e. The molecule has 0 aromatic carbocycles. The molecular weight excluding hydrogens is 284 g/mol. The largest absolute Gasteiger partial charge is 0.498 e. The fourth-order valence-electron chi connectivity index (χ4n) is 3.22. The fourth-order valence-corrected chi connectivity index (χ4v) is 3.22. The Kier molecular flexibility index (Phi) is 4.15. The molecule has 2 aliphatic rings. The van der Waals surface area contributed by atoms with Crippen molar-refractivity contribution in [1.29, 1.82) is 0 Å². The number of aromatic nitrogens is 3. The minimum atomic E-state index is -0.953. The van der Waals surface area contributed by atoms with Gasteiger partial charge in [0.25, 0.3) is 5.91 Å². The summed E-state index contributed by atoms with van der Waals surface area (Å²) in [5.41, 5.74) is -0.206. The van der Waals surface area contributed by atoms with Crippen LogP contribution in [0.3, 0.4) is 0 Å². The predicted octanol–water partition coefficient (Wildman–Crippen LogP) is 0.716. The van der Waals surface area contributed by atoms with Crippen molar-refractivity contribution < 1.29 is 14.6 Å². The molecule has 1 N–H and O–H groups in total. The number of ether oxygens (including phenoxy) is 1. The van der Waals surface area contributed by atoms with E-state index in [1.165, 1.54) is 0 Å². The van der Waals surface area contributed by atoms with Crippen LogP contribution in [-0.2, 0) is 16.1 Å². The van der Waals surface area contributed by atoms with Gasteiger partial charge in [0.15, 0.2) is 0 Å². The zero-order valence-corrected chi connectivity index (χ0v) is 12.9. The first-order chi connectivity index (χ1) is 10.6. The van der Waals surface area contributed by atoms with Crippen LogP contribution >= 0.6 is 0 Å². The Hall–Kier alpha value is -1.89. The molecule has 1 aromatic heterocycles. The van der Waals surface area contributed by atoms with Crippen LogP contribution in [-0.4, -0.2) is 56.2 Å². The Morgan fingerprint density at radius 3 is 3.09 bits per heavy atom. The van der Waals surface area contributed by atoms with Crippen molar-refractivity contribution in [1.82, 2.24) is 19.9 Å². The second-order valence-electron chi connectivity index (χ2n) is 6.14. The van der Waals surface area contributed by atoms with Crippen LogP contribution in [0, 0.1) is 0 Å². The number of hydrogen-bond donors (Lipinski definition) is 1. The molecule has 0 spiro atoms. The van der Waals surface area contributed by atoms with Crippen molar-refractivity contribution in [3.05, 3.63) is 23.7 Å². The molecule has 1 fully saturated rings. The summed E-state index contributed by atoms with van der Waals surface area (Å²) in [7, 11) is 0. The maximum atomic E-state index is 12.7. The summed E-state index contributed by atoms with van der Waals surface area (Å²) in [5.74, 6) is 0.718. The Bertz CT molecular complexity index is 569. The number of carbonyl (C=O) groups is 1. The molecule has 3 rings (SSSR count). The van der Waals surface area contributed by atoms with E-state index in [4.69, 9.17) is 4.74 Å². The third-order valence-corrected chi connectivity index (χ3v) is 4.34. The molecule has 0 saturated carbocycles. The van der Waals surface area contributed by atoms with E-state index in [1.54, 1.807) is 22.0 Å². The van der Waals surface area contributed by atoms with E-state index >= 15 is 0 Å². The standard InChI is InChI=1S/C15H22N4O3/c1-12-13(4-2-9-22-12)14(20)18-7-3-5-15(21,10-18)11-19-8-6-16-17-19/h6,8,21H,2-5,7,9-11H2,1H3. The number of amides is 1. The van der Waals surface area contributed by atoms with Gasteiger partial charge in [-0.15, -0.1) is 5.10 Å². The number of rotatable bonds is 3. The lowest BCUT2D eigenvalue weighted by atomic mass is 9.92. The monoisotopic (exact) mass is 306 g/mol. The van der Waals surface area contributed by atoms with Crippen LogP contribution in [0.2, 0.25) is 0 Å². The maximum absolute atomic E-state index is 12.7. The van der Waals surface area contributed by atoms with Gasteiger partial charge in [-0.3, -0.25) is 4.79 Å². The van der Waals surface area contributed by atoms with Crippen LogP contribution in [0.1, 0.15) is 32.6 Å². The third kappa shape index (κ3) is 3.14. The van der Waals surface area contributed by atoms with E-state index in [9.17, 15) is 9.90 Å². The summed E-state index contributed by atoms with van der Waals surface area (Å²) >= 11 is 0. The Balaban J connectivity index is 1.71. The molecule has 7 heteroatoms. The van der Waals surface area contributed by atoms with Crippen molar-refractivity contribution in [2.45, 2.75) is 44.8 Å². The first-order valence-corrected chi connectivity index (χ1v) is 7.76. The molecule has 0 aliphatic carbocycles. The first-order valence-electron chi connectivity index (χ1n) is 7.76. The lowest BCUT2D eigenvalue weighted by molar-refractivity contribution is -0.135. The second-order valence-corrected chi connectivity index (χ2v) is 6.14. The quantitative estimate of drug-likeness (QED) is 0.890. The van der Waals surface area contributed by atoms with Crippen LogP contribution in [0.25, 0.3) is 0 Å². The van der Waals surface area contributed by atoms with Crippen LogP contribution < -0.4 is 0 Å². The molecule has 0 radical (unpaired) electrons. The molecule has 7 nitrogen and oxygen atoms in total. The van der Waals surface area contributed by atoms with Crippen molar-refractivity contribution in [3.63, 3.8) is 0 Å². The average molecular weight is 306 g/mol. The molecule has 2 aliphatic heterocycles. The zero-order chi connectivity index (χ0) is 15.6. The lowest BCUT2D eigenvalue weighted by Gasteiger charge is -2.39. The highest BCUT2D eigenvalue weighted by Crippen LogP contribution is 2.27. The Labute approximate surface area is 129 Å².